The molecule has 2 aromatic carbocycles. The topological polar surface area (TPSA) is 3.24 Å². The SMILES string of the molecule is CC1CN(CCCc2ccccc2)Cc2cccc(Br)c21. The van der Waals surface area contributed by atoms with Crippen molar-refractivity contribution in [3.63, 3.8) is 0 Å². The maximum absolute atomic E-state index is 3.71. The van der Waals surface area contributed by atoms with Gasteiger partial charge in [0.1, 0.15) is 0 Å². The van der Waals surface area contributed by atoms with Gasteiger partial charge in [-0.15, -0.1) is 0 Å². The molecule has 1 unspecified atom stereocenters. The highest BCUT2D eigenvalue weighted by molar-refractivity contribution is 9.10. The van der Waals surface area contributed by atoms with Crippen LogP contribution in [-0.4, -0.2) is 18.0 Å². The molecule has 1 atom stereocenters. The molecule has 0 fully saturated rings. The fourth-order valence-corrected chi connectivity index (χ4v) is 4.18. The second-order valence-electron chi connectivity index (χ2n) is 6.04. The molecule has 0 saturated heterocycles. The molecule has 0 bridgehead atoms. The average Bonchev–Trinajstić information content (AvgIpc) is 2.48. The van der Waals surface area contributed by atoms with Crippen molar-refractivity contribution >= 4 is 15.9 Å². The van der Waals surface area contributed by atoms with E-state index in [4.69, 9.17) is 0 Å². The molecule has 3 rings (SSSR count). The summed E-state index contributed by atoms with van der Waals surface area (Å²) in [7, 11) is 0. The molecule has 2 aromatic rings. The fraction of sp³-hybridized carbons (Fsp3) is 0.368. The van der Waals surface area contributed by atoms with Crippen molar-refractivity contribution in [2.75, 3.05) is 13.1 Å². The van der Waals surface area contributed by atoms with Gasteiger partial charge in [-0.1, -0.05) is 65.3 Å². The highest BCUT2D eigenvalue weighted by Crippen LogP contribution is 2.33. The van der Waals surface area contributed by atoms with Gasteiger partial charge in [0.05, 0.1) is 0 Å². The minimum Gasteiger partial charge on any atom is -0.298 e. The fourth-order valence-electron chi connectivity index (χ4n) is 3.38. The molecule has 0 amide bonds. The van der Waals surface area contributed by atoms with Gasteiger partial charge in [-0.2, -0.15) is 0 Å². The Labute approximate surface area is 136 Å². The smallest absolute Gasteiger partial charge is 0.0237 e. The lowest BCUT2D eigenvalue weighted by Gasteiger charge is -2.33. The quantitative estimate of drug-likeness (QED) is 0.754. The lowest BCUT2D eigenvalue weighted by atomic mass is 9.91. The second kappa shape index (κ2) is 6.76. The zero-order valence-corrected chi connectivity index (χ0v) is 14.1. The van der Waals surface area contributed by atoms with Gasteiger partial charge >= 0.3 is 0 Å². The molecule has 1 aliphatic heterocycles. The van der Waals surface area contributed by atoms with E-state index >= 15 is 0 Å². The first-order valence-electron chi connectivity index (χ1n) is 7.77. The van der Waals surface area contributed by atoms with E-state index in [-0.39, 0.29) is 0 Å². The Bertz CT molecular complexity index is 594. The van der Waals surface area contributed by atoms with Gasteiger partial charge in [0.25, 0.3) is 0 Å². The van der Waals surface area contributed by atoms with Crippen LogP contribution >= 0.6 is 15.9 Å². The summed E-state index contributed by atoms with van der Waals surface area (Å²) >= 11 is 3.71. The van der Waals surface area contributed by atoms with Crippen LogP contribution in [0.5, 0.6) is 0 Å². The molecule has 21 heavy (non-hydrogen) atoms. The average molecular weight is 344 g/mol. The summed E-state index contributed by atoms with van der Waals surface area (Å²) in [5.41, 5.74) is 4.45. The Morgan fingerprint density at radius 2 is 1.90 bits per heavy atom. The zero-order chi connectivity index (χ0) is 14.7. The van der Waals surface area contributed by atoms with Crippen molar-refractivity contribution in [2.24, 2.45) is 0 Å². The molecule has 0 aliphatic carbocycles. The zero-order valence-electron chi connectivity index (χ0n) is 12.6. The summed E-state index contributed by atoms with van der Waals surface area (Å²) in [6, 6.07) is 17.4. The van der Waals surface area contributed by atoms with Crippen LogP contribution < -0.4 is 0 Å². The van der Waals surface area contributed by atoms with Gasteiger partial charge in [-0.3, -0.25) is 4.90 Å². The summed E-state index contributed by atoms with van der Waals surface area (Å²) in [4.78, 5) is 2.60. The molecule has 0 spiro atoms. The standard InChI is InChI=1S/C19H22BrN/c1-15-13-21(12-6-9-16-7-3-2-4-8-16)14-17-10-5-11-18(20)19(15)17/h2-5,7-8,10-11,15H,6,9,12-14H2,1H3. The first-order valence-corrected chi connectivity index (χ1v) is 8.57. The number of rotatable bonds is 4. The van der Waals surface area contributed by atoms with Crippen molar-refractivity contribution in [2.45, 2.75) is 32.2 Å². The van der Waals surface area contributed by atoms with E-state index in [1.165, 1.54) is 47.1 Å². The number of aryl methyl sites for hydroxylation is 1. The molecular weight excluding hydrogens is 322 g/mol. The molecule has 1 nitrogen and oxygen atoms in total. The summed E-state index contributed by atoms with van der Waals surface area (Å²) in [6.07, 6.45) is 2.41. The Balaban J connectivity index is 1.59. The Morgan fingerprint density at radius 3 is 2.71 bits per heavy atom. The predicted molar refractivity (Wildman–Crippen MR) is 92.6 cm³/mol. The lowest BCUT2D eigenvalue weighted by Crippen LogP contribution is -2.33. The largest absolute Gasteiger partial charge is 0.298 e. The number of benzene rings is 2. The van der Waals surface area contributed by atoms with Crippen LogP contribution in [0.25, 0.3) is 0 Å². The van der Waals surface area contributed by atoms with Gasteiger partial charge in [0, 0.05) is 17.6 Å². The number of fused-ring (bicyclic) bond motifs is 1. The Hall–Kier alpha value is -1.12. The minimum absolute atomic E-state index is 0.612. The van der Waals surface area contributed by atoms with E-state index in [0.717, 1.165) is 6.54 Å². The molecule has 1 heterocycles. The molecule has 0 aromatic heterocycles. The molecule has 1 aliphatic rings. The van der Waals surface area contributed by atoms with Gasteiger partial charge in [0.2, 0.25) is 0 Å². The van der Waals surface area contributed by atoms with E-state index in [0.29, 0.717) is 5.92 Å². The Morgan fingerprint density at radius 1 is 1.10 bits per heavy atom. The van der Waals surface area contributed by atoms with Crippen molar-refractivity contribution in [1.29, 1.82) is 0 Å². The van der Waals surface area contributed by atoms with E-state index in [2.05, 4.69) is 76.3 Å². The van der Waals surface area contributed by atoms with Gasteiger partial charge in [0.15, 0.2) is 0 Å². The van der Waals surface area contributed by atoms with Gasteiger partial charge in [-0.05, 0) is 48.1 Å². The highest BCUT2D eigenvalue weighted by Gasteiger charge is 2.23. The minimum atomic E-state index is 0.612. The maximum Gasteiger partial charge on any atom is 0.0237 e. The molecule has 0 N–H and O–H groups in total. The van der Waals surface area contributed by atoms with Crippen molar-refractivity contribution in [3.05, 3.63) is 69.7 Å². The molecule has 2 heteroatoms. The summed E-state index contributed by atoms with van der Waals surface area (Å²) in [5, 5.41) is 0. The first-order chi connectivity index (χ1) is 10.2. The Kier molecular flexibility index (Phi) is 4.77. The maximum atomic E-state index is 3.71. The number of halogens is 1. The third kappa shape index (κ3) is 3.56. The van der Waals surface area contributed by atoms with Crippen molar-refractivity contribution in [3.8, 4) is 0 Å². The molecular formula is C19H22BrN. The van der Waals surface area contributed by atoms with Crippen LogP contribution in [-0.2, 0) is 13.0 Å². The van der Waals surface area contributed by atoms with E-state index < -0.39 is 0 Å². The van der Waals surface area contributed by atoms with E-state index in [1.807, 2.05) is 0 Å². The van der Waals surface area contributed by atoms with Gasteiger partial charge in [-0.25, -0.2) is 0 Å². The first kappa shape index (κ1) is 14.8. The van der Waals surface area contributed by atoms with Crippen LogP contribution in [0.1, 0.15) is 36.0 Å². The molecule has 110 valence electrons. The summed E-state index contributed by atoms with van der Waals surface area (Å²) in [6.45, 7) is 5.79. The summed E-state index contributed by atoms with van der Waals surface area (Å²) < 4.78 is 1.27. The van der Waals surface area contributed by atoms with Crippen LogP contribution in [0, 0.1) is 0 Å². The van der Waals surface area contributed by atoms with Crippen molar-refractivity contribution < 1.29 is 0 Å². The highest BCUT2D eigenvalue weighted by atomic mass is 79.9. The van der Waals surface area contributed by atoms with E-state index in [1.54, 1.807) is 0 Å². The number of nitrogens with zero attached hydrogens (tertiary/aromatic N) is 1. The van der Waals surface area contributed by atoms with Crippen LogP contribution in [0.15, 0.2) is 53.0 Å². The normalized spacial score (nSPS) is 18.5. The van der Waals surface area contributed by atoms with Crippen LogP contribution in [0.3, 0.4) is 0 Å². The van der Waals surface area contributed by atoms with Crippen LogP contribution in [0.2, 0.25) is 0 Å². The number of hydrogen-bond donors (Lipinski definition) is 0. The molecule has 0 radical (unpaired) electrons. The van der Waals surface area contributed by atoms with Gasteiger partial charge < -0.3 is 0 Å². The molecule has 0 saturated carbocycles. The summed E-state index contributed by atoms with van der Waals surface area (Å²) in [5.74, 6) is 0.612. The van der Waals surface area contributed by atoms with Crippen molar-refractivity contribution in [1.82, 2.24) is 4.90 Å². The third-order valence-electron chi connectivity index (χ3n) is 4.34. The van der Waals surface area contributed by atoms with E-state index in [9.17, 15) is 0 Å². The third-order valence-corrected chi connectivity index (χ3v) is 5.04. The lowest BCUT2D eigenvalue weighted by molar-refractivity contribution is 0.232. The van der Waals surface area contributed by atoms with Crippen LogP contribution in [0.4, 0.5) is 0 Å². The number of hydrogen-bond acceptors (Lipinski definition) is 1. The predicted octanol–water partition coefficient (Wildman–Crippen LogP) is 5.00. The second-order valence-corrected chi connectivity index (χ2v) is 6.89. The monoisotopic (exact) mass is 343 g/mol.